The highest BCUT2D eigenvalue weighted by Gasteiger charge is 2.35. The highest BCUT2D eigenvalue weighted by Crippen LogP contribution is 2.31. The van der Waals surface area contributed by atoms with Crippen LogP contribution in [0, 0.1) is 33.6 Å². The van der Waals surface area contributed by atoms with Crippen molar-refractivity contribution in [1.82, 2.24) is 14.5 Å². The smallest absolute Gasteiger partial charge is 0.243 e. The molecule has 2 aliphatic heterocycles. The van der Waals surface area contributed by atoms with Crippen molar-refractivity contribution in [3.05, 3.63) is 28.3 Å². The number of nitrogens with one attached hydrogen (secondary N) is 1. The Bertz CT molecular complexity index is 915. The van der Waals surface area contributed by atoms with Crippen LogP contribution in [0.25, 0.3) is 0 Å². The molecule has 1 aromatic carbocycles. The maximum Gasteiger partial charge on any atom is 0.243 e. The fourth-order valence-corrected chi connectivity index (χ4v) is 7.16. The molecular formula is C25H41N3O3S. The Kier molecular flexibility index (Phi) is 7.73. The average Bonchev–Trinajstić information content (AvgIpc) is 2.77. The number of nitrogens with zero attached hydrogens (tertiary/aromatic N) is 2. The van der Waals surface area contributed by atoms with E-state index in [0.717, 1.165) is 35.3 Å². The molecule has 0 atom stereocenters. The lowest BCUT2D eigenvalue weighted by atomic mass is 9.95. The molecule has 0 radical (unpaired) electrons. The highest BCUT2D eigenvalue weighted by molar-refractivity contribution is 7.89. The zero-order valence-corrected chi connectivity index (χ0v) is 21.6. The number of likely N-dealkylation sites (tertiary alicyclic amines) is 1. The van der Waals surface area contributed by atoms with Crippen LogP contribution in [-0.2, 0) is 14.8 Å². The van der Waals surface area contributed by atoms with Crippen LogP contribution < -0.4 is 5.32 Å². The summed E-state index contributed by atoms with van der Waals surface area (Å²) < 4.78 is 28.5. The summed E-state index contributed by atoms with van der Waals surface area (Å²) in [6.07, 6.45) is 4.88. The van der Waals surface area contributed by atoms with Gasteiger partial charge in [-0.05, 0) is 103 Å². The molecule has 32 heavy (non-hydrogen) atoms. The van der Waals surface area contributed by atoms with Crippen LogP contribution in [0.3, 0.4) is 0 Å². The number of aryl methyl sites for hydroxylation is 2. The van der Waals surface area contributed by atoms with Crippen molar-refractivity contribution in [2.75, 3.05) is 32.7 Å². The molecule has 2 heterocycles. The Labute approximate surface area is 194 Å². The van der Waals surface area contributed by atoms with E-state index in [1.54, 1.807) is 4.31 Å². The van der Waals surface area contributed by atoms with Gasteiger partial charge in [0.05, 0.1) is 4.90 Å². The molecule has 0 spiro atoms. The number of rotatable bonds is 6. The summed E-state index contributed by atoms with van der Waals surface area (Å²) in [7, 11) is -3.57. The van der Waals surface area contributed by atoms with E-state index >= 15 is 0 Å². The first-order valence-electron chi connectivity index (χ1n) is 12.1. The second kappa shape index (κ2) is 9.82. The van der Waals surface area contributed by atoms with Gasteiger partial charge in [0.25, 0.3) is 0 Å². The quantitative estimate of drug-likeness (QED) is 0.698. The number of hydrogen-bond acceptors (Lipinski definition) is 4. The van der Waals surface area contributed by atoms with Gasteiger partial charge >= 0.3 is 0 Å². The summed E-state index contributed by atoms with van der Waals surface area (Å²) in [6.45, 7) is 15.7. The van der Waals surface area contributed by atoms with Gasteiger partial charge < -0.3 is 5.32 Å². The highest BCUT2D eigenvalue weighted by atomic mass is 32.2. The number of carbonyl (C=O) groups excluding carboxylic acids is 1. The fourth-order valence-electron chi connectivity index (χ4n) is 5.11. The zero-order valence-electron chi connectivity index (χ0n) is 20.8. The molecule has 0 saturated carbocycles. The summed E-state index contributed by atoms with van der Waals surface area (Å²) in [5, 5.41) is 3.16. The summed E-state index contributed by atoms with van der Waals surface area (Å²) >= 11 is 0. The first kappa shape index (κ1) is 25.2. The lowest BCUT2D eigenvalue weighted by Crippen LogP contribution is -2.54. The molecular weight excluding hydrogens is 422 g/mol. The Balaban J connectivity index is 1.61. The first-order valence-corrected chi connectivity index (χ1v) is 13.5. The van der Waals surface area contributed by atoms with Crippen molar-refractivity contribution in [2.45, 2.75) is 84.1 Å². The lowest BCUT2D eigenvalue weighted by molar-refractivity contribution is -0.126. The second-order valence-corrected chi connectivity index (χ2v) is 12.2. The molecule has 2 saturated heterocycles. The molecule has 0 unspecified atom stereocenters. The van der Waals surface area contributed by atoms with Crippen LogP contribution >= 0.6 is 0 Å². The molecule has 1 N–H and O–H groups in total. The normalized spacial score (nSPS) is 19.8. The van der Waals surface area contributed by atoms with Crippen LogP contribution in [0.5, 0.6) is 0 Å². The Hall–Kier alpha value is -1.44. The van der Waals surface area contributed by atoms with Gasteiger partial charge in [-0.2, -0.15) is 4.31 Å². The number of hydrogen-bond donors (Lipinski definition) is 1. The topological polar surface area (TPSA) is 69.7 Å². The predicted octanol–water partition coefficient (Wildman–Crippen LogP) is 3.70. The molecule has 0 bridgehead atoms. The maximum atomic E-state index is 13.5. The van der Waals surface area contributed by atoms with E-state index in [4.69, 9.17) is 0 Å². The van der Waals surface area contributed by atoms with E-state index in [9.17, 15) is 13.2 Å². The van der Waals surface area contributed by atoms with Crippen LogP contribution in [0.15, 0.2) is 11.0 Å². The lowest BCUT2D eigenvalue weighted by Gasteiger charge is -2.41. The summed E-state index contributed by atoms with van der Waals surface area (Å²) in [5.41, 5.74) is 3.59. The van der Waals surface area contributed by atoms with E-state index in [-0.39, 0.29) is 17.4 Å². The van der Waals surface area contributed by atoms with Crippen molar-refractivity contribution in [3.8, 4) is 0 Å². The van der Waals surface area contributed by atoms with Gasteiger partial charge in [-0.3, -0.25) is 9.69 Å². The van der Waals surface area contributed by atoms with Gasteiger partial charge in [0.2, 0.25) is 15.9 Å². The van der Waals surface area contributed by atoms with E-state index < -0.39 is 10.0 Å². The van der Waals surface area contributed by atoms with Crippen LogP contribution in [-0.4, -0.2) is 61.8 Å². The summed E-state index contributed by atoms with van der Waals surface area (Å²) in [4.78, 5) is 15.8. The molecule has 2 fully saturated rings. The Morgan fingerprint density at radius 1 is 0.969 bits per heavy atom. The SMILES string of the molecule is Cc1cc(C)c(C)c(S(=O)(=O)N2CCC(C(=O)NCC(C)(C)N3CCCCC3)CC2)c1C. The van der Waals surface area contributed by atoms with Crippen molar-refractivity contribution in [1.29, 1.82) is 0 Å². The van der Waals surface area contributed by atoms with Crippen molar-refractivity contribution in [3.63, 3.8) is 0 Å². The van der Waals surface area contributed by atoms with Gasteiger partial charge in [0.15, 0.2) is 0 Å². The molecule has 1 aromatic rings. The number of piperidine rings is 2. The number of benzene rings is 1. The fraction of sp³-hybridized carbons (Fsp3) is 0.720. The van der Waals surface area contributed by atoms with Crippen LogP contribution in [0.2, 0.25) is 0 Å². The largest absolute Gasteiger partial charge is 0.354 e. The summed E-state index contributed by atoms with van der Waals surface area (Å²) in [6, 6.07) is 2.05. The molecule has 3 rings (SSSR count). The first-order chi connectivity index (χ1) is 14.9. The Morgan fingerprint density at radius 2 is 1.50 bits per heavy atom. The average molecular weight is 464 g/mol. The molecule has 7 heteroatoms. The molecule has 0 aromatic heterocycles. The number of carbonyl (C=O) groups is 1. The van der Waals surface area contributed by atoms with Gasteiger partial charge in [-0.1, -0.05) is 12.5 Å². The van der Waals surface area contributed by atoms with Crippen LogP contribution in [0.1, 0.15) is 68.2 Å². The zero-order chi connectivity index (χ0) is 23.7. The molecule has 0 aliphatic carbocycles. The van der Waals surface area contributed by atoms with E-state index in [1.165, 1.54) is 19.3 Å². The van der Waals surface area contributed by atoms with E-state index in [2.05, 4.69) is 24.1 Å². The minimum atomic E-state index is -3.57. The Morgan fingerprint density at radius 3 is 2.03 bits per heavy atom. The van der Waals surface area contributed by atoms with Gasteiger partial charge in [0, 0.05) is 31.1 Å². The predicted molar refractivity (Wildman–Crippen MR) is 129 cm³/mol. The van der Waals surface area contributed by atoms with E-state index in [0.29, 0.717) is 37.4 Å². The van der Waals surface area contributed by atoms with Gasteiger partial charge in [0.1, 0.15) is 0 Å². The minimum Gasteiger partial charge on any atom is -0.354 e. The standard InChI is InChI=1S/C25H41N3O3S/c1-18-16-19(2)21(4)23(20(18)3)32(30,31)28-14-10-22(11-15-28)24(29)26-17-25(5,6)27-12-8-7-9-13-27/h16,22H,7-15,17H2,1-6H3,(H,26,29). The third kappa shape index (κ3) is 5.20. The van der Waals surface area contributed by atoms with Gasteiger partial charge in [-0.15, -0.1) is 0 Å². The van der Waals surface area contributed by atoms with Gasteiger partial charge in [-0.25, -0.2) is 8.42 Å². The van der Waals surface area contributed by atoms with Crippen molar-refractivity contribution < 1.29 is 13.2 Å². The van der Waals surface area contributed by atoms with Crippen LogP contribution in [0.4, 0.5) is 0 Å². The molecule has 6 nitrogen and oxygen atoms in total. The van der Waals surface area contributed by atoms with E-state index in [1.807, 2.05) is 33.8 Å². The monoisotopic (exact) mass is 463 g/mol. The third-order valence-electron chi connectivity index (χ3n) is 7.63. The molecule has 2 aliphatic rings. The maximum absolute atomic E-state index is 13.5. The molecule has 1 amide bonds. The minimum absolute atomic E-state index is 0.0573. The number of sulfonamides is 1. The molecule has 180 valence electrons. The third-order valence-corrected chi connectivity index (χ3v) is 9.80. The van der Waals surface area contributed by atoms with Crippen molar-refractivity contribution >= 4 is 15.9 Å². The van der Waals surface area contributed by atoms with Crippen molar-refractivity contribution in [2.24, 2.45) is 5.92 Å². The number of amides is 1. The summed E-state index contributed by atoms with van der Waals surface area (Å²) in [5.74, 6) is -0.0639. The second-order valence-electron chi connectivity index (χ2n) is 10.3.